The molecule has 1 aliphatic rings. The fourth-order valence-corrected chi connectivity index (χ4v) is 3.54. The number of rotatable bonds is 3. The number of aryl methyl sites for hydroxylation is 1. The van der Waals surface area contributed by atoms with E-state index in [4.69, 9.17) is 5.14 Å². The van der Waals surface area contributed by atoms with Crippen molar-refractivity contribution in [1.29, 1.82) is 0 Å². The van der Waals surface area contributed by atoms with Gasteiger partial charge in [-0.3, -0.25) is 9.25 Å². The Labute approximate surface area is 157 Å². The molecule has 0 bridgehead atoms. The average molecular weight is 395 g/mol. The van der Waals surface area contributed by atoms with Crippen molar-refractivity contribution in [2.24, 2.45) is 5.14 Å². The molecule has 0 spiro atoms. The van der Waals surface area contributed by atoms with Gasteiger partial charge in [0.2, 0.25) is 10.0 Å². The van der Waals surface area contributed by atoms with Crippen molar-refractivity contribution in [2.45, 2.75) is 24.4 Å². The summed E-state index contributed by atoms with van der Waals surface area (Å²) in [5.74, 6) is 0.659. The summed E-state index contributed by atoms with van der Waals surface area (Å²) in [6, 6.07) is 8.48. The van der Waals surface area contributed by atoms with E-state index in [-0.39, 0.29) is 17.3 Å². The number of benzene rings is 1. The second kappa shape index (κ2) is 7.20. The lowest BCUT2D eigenvalue weighted by atomic mass is 10.3. The molecular weight excluding hydrogens is 376 g/mol. The third-order valence-corrected chi connectivity index (χ3v) is 5.10. The van der Waals surface area contributed by atoms with Gasteiger partial charge in [0.05, 0.1) is 10.6 Å². The van der Waals surface area contributed by atoms with Crippen LogP contribution in [0.3, 0.4) is 0 Å². The second-order valence-corrected chi connectivity index (χ2v) is 7.50. The molecule has 0 unspecified atom stereocenters. The number of fused-ring (bicyclic) bond motifs is 1. The SMILES string of the molecule is Cl.NS(=O)(=O)c1cccc(-n2ccnc2-c2cc3n(n2)CCCNC3)c1. The van der Waals surface area contributed by atoms with Crippen LogP contribution in [0.2, 0.25) is 0 Å². The van der Waals surface area contributed by atoms with Gasteiger partial charge in [-0.1, -0.05) is 6.07 Å². The highest BCUT2D eigenvalue weighted by Gasteiger charge is 2.17. The summed E-state index contributed by atoms with van der Waals surface area (Å²) in [5, 5.41) is 13.3. The van der Waals surface area contributed by atoms with E-state index in [1.54, 1.807) is 18.5 Å². The minimum atomic E-state index is -3.76. The third kappa shape index (κ3) is 3.51. The number of imidazole rings is 1. The van der Waals surface area contributed by atoms with Gasteiger partial charge in [-0.2, -0.15) is 5.10 Å². The first-order chi connectivity index (χ1) is 12.0. The summed E-state index contributed by atoms with van der Waals surface area (Å²) in [6.45, 7) is 2.62. The molecule has 0 atom stereocenters. The van der Waals surface area contributed by atoms with Gasteiger partial charge >= 0.3 is 0 Å². The van der Waals surface area contributed by atoms with E-state index in [9.17, 15) is 8.42 Å². The highest BCUT2D eigenvalue weighted by Crippen LogP contribution is 2.23. The van der Waals surface area contributed by atoms with Crippen LogP contribution in [0.4, 0.5) is 0 Å². The molecule has 0 amide bonds. The van der Waals surface area contributed by atoms with Crippen LogP contribution in [0.5, 0.6) is 0 Å². The number of hydrogen-bond donors (Lipinski definition) is 2. The molecule has 3 heterocycles. The number of nitrogens with zero attached hydrogens (tertiary/aromatic N) is 4. The van der Waals surface area contributed by atoms with Gasteiger partial charge in [-0.25, -0.2) is 18.5 Å². The van der Waals surface area contributed by atoms with Gasteiger partial charge in [0, 0.05) is 31.2 Å². The Hall–Kier alpha value is -2.20. The van der Waals surface area contributed by atoms with Crippen molar-refractivity contribution >= 4 is 22.4 Å². The Morgan fingerprint density at radius 2 is 2.08 bits per heavy atom. The molecular formula is C16H19ClN6O2S. The smallest absolute Gasteiger partial charge is 0.238 e. The molecule has 138 valence electrons. The van der Waals surface area contributed by atoms with Crippen LogP contribution in [0.1, 0.15) is 12.1 Å². The molecule has 0 saturated carbocycles. The van der Waals surface area contributed by atoms with E-state index in [0.29, 0.717) is 11.5 Å². The Morgan fingerprint density at radius 1 is 1.23 bits per heavy atom. The molecule has 1 aromatic carbocycles. The zero-order valence-corrected chi connectivity index (χ0v) is 15.5. The molecule has 26 heavy (non-hydrogen) atoms. The third-order valence-electron chi connectivity index (χ3n) is 4.19. The molecule has 3 N–H and O–H groups in total. The lowest BCUT2D eigenvalue weighted by Gasteiger charge is -2.08. The Morgan fingerprint density at radius 3 is 2.88 bits per heavy atom. The molecule has 10 heteroatoms. The van der Waals surface area contributed by atoms with Crippen LogP contribution in [-0.4, -0.2) is 34.3 Å². The maximum Gasteiger partial charge on any atom is 0.238 e. The molecule has 3 aromatic rings. The number of sulfonamides is 1. The fourth-order valence-electron chi connectivity index (χ4n) is 2.98. The number of aromatic nitrogens is 4. The number of nitrogens with one attached hydrogen (secondary N) is 1. The number of halogens is 1. The Balaban J connectivity index is 0.00000196. The van der Waals surface area contributed by atoms with Gasteiger partial charge in [0.15, 0.2) is 5.82 Å². The summed E-state index contributed by atoms with van der Waals surface area (Å²) in [7, 11) is -3.76. The topological polar surface area (TPSA) is 108 Å². The summed E-state index contributed by atoms with van der Waals surface area (Å²) < 4.78 is 27.0. The molecule has 0 radical (unpaired) electrons. The van der Waals surface area contributed by atoms with Crippen molar-refractivity contribution in [3.8, 4) is 17.2 Å². The van der Waals surface area contributed by atoms with Crippen LogP contribution < -0.4 is 10.5 Å². The summed E-state index contributed by atoms with van der Waals surface area (Å²) in [5.41, 5.74) is 2.53. The largest absolute Gasteiger partial charge is 0.311 e. The van der Waals surface area contributed by atoms with E-state index in [1.165, 1.54) is 12.1 Å². The Bertz CT molecular complexity index is 1000. The van der Waals surface area contributed by atoms with Crippen molar-refractivity contribution in [1.82, 2.24) is 24.6 Å². The van der Waals surface area contributed by atoms with Crippen LogP contribution in [0.15, 0.2) is 47.6 Å². The minimum absolute atomic E-state index is 0. The molecule has 0 fully saturated rings. The first-order valence-electron chi connectivity index (χ1n) is 7.97. The summed E-state index contributed by atoms with van der Waals surface area (Å²) in [6.07, 6.45) is 4.47. The first-order valence-corrected chi connectivity index (χ1v) is 9.51. The van der Waals surface area contributed by atoms with E-state index < -0.39 is 10.0 Å². The monoisotopic (exact) mass is 394 g/mol. The first kappa shape index (κ1) is 18.6. The zero-order valence-electron chi connectivity index (χ0n) is 13.9. The second-order valence-electron chi connectivity index (χ2n) is 5.94. The van der Waals surface area contributed by atoms with Gasteiger partial charge in [0.1, 0.15) is 5.69 Å². The fraction of sp³-hybridized carbons (Fsp3) is 0.250. The van der Waals surface area contributed by atoms with Crippen LogP contribution >= 0.6 is 12.4 Å². The maximum absolute atomic E-state index is 11.6. The minimum Gasteiger partial charge on any atom is -0.311 e. The lowest BCUT2D eigenvalue weighted by molar-refractivity contribution is 0.588. The Kier molecular flexibility index (Phi) is 5.15. The number of hydrogen-bond acceptors (Lipinski definition) is 5. The maximum atomic E-state index is 11.6. The predicted molar refractivity (Wildman–Crippen MR) is 99.7 cm³/mol. The van der Waals surface area contributed by atoms with Gasteiger partial charge in [-0.15, -0.1) is 12.4 Å². The normalized spacial score (nSPS) is 14.3. The average Bonchev–Trinajstić information content (AvgIpc) is 3.16. The van der Waals surface area contributed by atoms with Gasteiger partial charge < -0.3 is 5.32 Å². The van der Waals surface area contributed by atoms with Crippen molar-refractivity contribution in [3.05, 3.63) is 48.4 Å². The summed E-state index contributed by atoms with van der Waals surface area (Å²) >= 11 is 0. The van der Waals surface area contributed by atoms with E-state index in [1.807, 2.05) is 21.4 Å². The van der Waals surface area contributed by atoms with Crippen molar-refractivity contribution < 1.29 is 8.42 Å². The molecule has 0 aliphatic carbocycles. The highest BCUT2D eigenvalue weighted by atomic mass is 35.5. The van der Waals surface area contributed by atoms with E-state index in [2.05, 4.69) is 15.4 Å². The molecule has 1 aliphatic heterocycles. The van der Waals surface area contributed by atoms with Crippen LogP contribution in [0.25, 0.3) is 17.2 Å². The molecule has 0 saturated heterocycles. The van der Waals surface area contributed by atoms with E-state index in [0.717, 1.165) is 37.4 Å². The van der Waals surface area contributed by atoms with Crippen molar-refractivity contribution in [2.75, 3.05) is 6.54 Å². The number of nitrogens with two attached hydrogens (primary N) is 1. The highest BCUT2D eigenvalue weighted by molar-refractivity contribution is 7.89. The van der Waals surface area contributed by atoms with E-state index >= 15 is 0 Å². The molecule has 2 aromatic heterocycles. The van der Waals surface area contributed by atoms with Crippen LogP contribution in [-0.2, 0) is 23.1 Å². The van der Waals surface area contributed by atoms with Gasteiger partial charge in [-0.05, 0) is 37.2 Å². The standard InChI is InChI=1S/C16H18N6O2S.ClH/c17-25(23,24)14-4-1-3-12(9-14)21-8-6-19-16(21)15-10-13-11-18-5-2-7-22(13)20-15;/h1,3-4,6,8-10,18H,2,5,7,11H2,(H2,17,23,24);1H. The molecule has 4 rings (SSSR count). The number of primary sulfonamides is 1. The van der Waals surface area contributed by atoms with Gasteiger partial charge in [0.25, 0.3) is 0 Å². The predicted octanol–water partition coefficient (Wildman–Crippen LogP) is 1.30. The summed E-state index contributed by atoms with van der Waals surface area (Å²) in [4.78, 5) is 4.47. The lowest BCUT2D eigenvalue weighted by Crippen LogP contribution is -2.12. The van der Waals surface area contributed by atoms with Crippen LogP contribution in [0, 0.1) is 0 Å². The molecule has 8 nitrogen and oxygen atoms in total. The quantitative estimate of drug-likeness (QED) is 0.696. The zero-order chi connectivity index (χ0) is 17.4. The van der Waals surface area contributed by atoms with Crippen molar-refractivity contribution in [3.63, 3.8) is 0 Å².